The zero-order chi connectivity index (χ0) is 15.4. The minimum absolute atomic E-state index is 0.0208. The Hall–Kier alpha value is -1.49. The first kappa shape index (κ1) is 15.9. The number of hydrogen-bond acceptors (Lipinski definition) is 3. The van der Waals surface area contributed by atoms with Gasteiger partial charge in [-0.05, 0) is 25.2 Å². The Morgan fingerprint density at radius 2 is 1.95 bits per heavy atom. The van der Waals surface area contributed by atoms with Crippen molar-refractivity contribution in [1.82, 2.24) is 10.2 Å². The van der Waals surface area contributed by atoms with Gasteiger partial charge in [0.1, 0.15) is 12.1 Å². The van der Waals surface area contributed by atoms with E-state index in [-0.39, 0.29) is 17.9 Å². The molecular formula is C16H22N2O2S. The third-order valence-corrected chi connectivity index (χ3v) is 4.62. The molecule has 4 nitrogen and oxygen atoms in total. The van der Waals surface area contributed by atoms with Crippen LogP contribution in [0, 0.1) is 0 Å². The minimum atomic E-state index is -0.524. The fraction of sp³-hybridized carbons (Fsp3) is 0.500. The van der Waals surface area contributed by atoms with Gasteiger partial charge in [0.15, 0.2) is 0 Å². The SMILES string of the molecule is CCC1NC(=O)C(c2ccccc2)N(C(C)CSC)C1=O. The van der Waals surface area contributed by atoms with Crippen molar-refractivity contribution >= 4 is 23.6 Å². The van der Waals surface area contributed by atoms with Crippen molar-refractivity contribution in [3.63, 3.8) is 0 Å². The maximum atomic E-state index is 12.7. The second-order valence-corrected chi connectivity index (χ2v) is 6.24. The van der Waals surface area contributed by atoms with Crippen LogP contribution in [0.3, 0.4) is 0 Å². The van der Waals surface area contributed by atoms with Gasteiger partial charge in [-0.3, -0.25) is 9.59 Å². The normalized spacial score (nSPS) is 23.9. The number of nitrogens with zero attached hydrogens (tertiary/aromatic N) is 1. The number of amides is 2. The maximum Gasteiger partial charge on any atom is 0.248 e. The smallest absolute Gasteiger partial charge is 0.248 e. The summed E-state index contributed by atoms with van der Waals surface area (Å²) in [6.45, 7) is 3.93. The summed E-state index contributed by atoms with van der Waals surface area (Å²) in [5, 5.41) is 2.85. The molecule has 0 radical (unpaired) electrons. The molecule has 3 atom stereocenters. The lowest BCUT2D eigenvalue weighted by Crippen LogP contribution is -2.61. The standard InChI is InChI=1S/C16H22N2O2S/c1-4-13-16(20)18(11(2)10-21-3)14(15(19)17-13)12-8-6-5-7-9-12/h5-9,11,13-14H,4,10H2,1-3H3,(H,17,19). The van der Waals surface area contributed by atoms with Crippen LogP contribution in [-0.2, 0) is 9.59 Å². The zero-order valence-corrected chi connectivity index (χ0v) is 13.5. The summed E-state index contributed by atoms with van der Waals surface area (Å²) in [5.74, 6) is 0.756. The Morgan fingerprint density at radius 3 is 2.52 bits per heavy atom. The summed E-state index contributed by atoms with van der Waals surface area (Å²) in [5.41, 5.74) is 0.867. The highest BCUT2D eigenvalue weighted by molar-refractivity contribution is 7.98. The first-order valence-electron chi connectivity index (χ1n) is 7.26. The molecule has 114 valence electrons. The predicted octanol–water partition coefficient (Wildman–Crippen LogP) is 2.22. The van der Waals surface area contributed by atoms with Gasteiger partial charge in [-0.2, -0.15) is 11.8 Å². The highest BCUT2D eigenvalue weighted by Gasteiger charge is 2.42. The predicted molar refractivity (Wildman–Crippen MR) is 86.1 cm³/mol. The summed E-state index contributed by atoms with van der Waals surface area (Å²) in [6.07, 6.45) is 2.63. The summed E-state index contributed by atoms with van der Waals surface area (Å²) in [4.78, 5) is 27.0. The van der Waals surface area contributed by atoms with E-state index in [1.807, 2.05) is 50.4 Å². The molecule has 21 heavy (non-hydrogen) atoms. The quantitative estimate of drug-likeness (QED) is 0.907. The molecule has 0 aliphatic carbocycles. The average Bonchev–Trinajstić information content (AvgIpc) is 2.49. The van der Waals surface area contributed by atoms with E-state index in [9.17, 15) is 9.59 Å². The molecule has 1 aliphatic rings. The van der Waals surface area contributed by atoms with Gasteiger partial charge in [-0.1, -0.05) is 37.3 Å². The van der Waals surface area contributed by atoms with Gasteiger partial charge >= 0.3 is 0 Å². The third-order valence-electron chi connectivity index (χ3n) is 3.80. The molecule has 0 spiro atoms. The summed E-state index contributed by atoms with van der Waals surface area (Å²) < 4.78 is 0. The van der Waals surface area contributed by atoms with Crippen LogP contribution in [-0.4, -0.2) is 40.8 Å². The summed E-state index contributed by atoms with van der Waals surface area (Å²) >= 11 is 1.69. The van der Waals surface area contributed by atoms with Crippen molar-refractivity contribution in [1.29, 1.82) is 0 Å². The molecule has 1 aliphatic heterocycles. The summed E-state index contributed by atoms with van der Waals surface area (Å²) in [6, 6.07) is 8.62. The highest BCUT2D eigenvalue weighted by atomic mass is 32.2. The zero-order valence-electron chi connectivity index (χ0n) is 12.7. The van der Waals surface area contributed by atoms with E-state index in [0.717, 1.165) is 11.3 Å². The van der Waals surface area contributed by atoms with E-state index in [4.69, 9.17) is 0 Å². The Morgan fingerprint density at radius 1 is 1.29 bits per heavy atom. The van der Waals surface area contributed by atoms with Gasteiger partial charge in [0.05, 0.1) is 0 Å². The lowest BCUT2D eigenvalue weighted by atomic mass is 9.97. The highest BCUT2D eigenvalue weighted by Crippen LogP contribution is 2.29. The molecule has 0 bridgehead atoms. The number of thioether (sulfide) groups is 1. The number of hydrogen-bond donors (Lipinski definition) is 1. The van der Waals surface area contributed by atoms with Crippen LogP contribution in [0.2, 0.25) is 0 Å². The van der Waals surface area contributed by atoms with Gasteiger partial charge in [-0.15, -0.1) is 0 Å². The van der Waals surface area contributed by atoms with Crippen LogP contribution in [0.25, 0.3) is 0 Å². The van der Waals surface area contributed by atoms with E-state index in [1.54, 1.807) is 16.7 Å². The molecule has 3 unspecified atom stereocenters. The van der Waals surface area contributed by atoms with Crippen molar-refractivity contribution in [2.75, 3.05) is 12.0 Å². The molecule has 1 aromatic carbocycles. The molecule has 2 rings (SSSR count). The maximum absolute atomic E-state index is 12.7. The van der Waals surface area contributed by atoms with E-state index >= 15 is 0 Å². The van der Waals surface area contributed by atoms with Crippen LogP contribution in [0.4, 0.5) is 0 Å². The van der Waals surface area contributed by atoms with E-state index in [2.05, 4.69) is 5.32 Å². The van der Waals surface area contributed by atoms with Gasteiger partial charge in [-0.25, -0.2) is 0 Å². The molecule has 1 N–H and O–H groups in total. The molecule has 0 saturated carbocycles. The largest absolute Gasteiger partial charge is 0.342 e. The van der Waals surface area contributed by atoms with Crippen molar-refractivity contribution in [2.45, 2.75) is 38.4 Å². The fourth-order valence-corrected chi connectivity index (χ4v) is 3.41. The Balaban J connectivity index is 2.39. The van der Waals surface area contributed by atoms with Crippen molar-refractivity contribution in [3.8, 4) is 0 Å². The molecule has 1 aromatic rings. The molecule has 1 saturated heterocycles. The Labute approximate surface area is 130 Å². The fourth-order valence-electron chi connectivity index (χ4n) is 2.76. The van der Waals surface area contributed by atoms with Gasteiger partial charge in [0.25, 0.3) is 0 Å². The lowest BCUT2D eigenvalue weighted by Gasteiger charge is -2.42. The number of carbonyl (C=O) groups is 2. The van der Waals surface area contributed by atoms with E-state index < -0.39 is 12.1 Å². The van der Waals surface area contributed by atoms with E-state index in [0.29, 0.717) is 6.42 Å². The first-order chi connectivity index (χ1) is 10.1. The van der Waals surface area contributed by atoms with Crippen LogP contribution in [0.5, 0.6) is 0 Å². The van der Waals surface area contributed by atoms with Crippen LogP contribution in [0.1, 0.15) is 31.9 Å². The van der Waals surface area contributed by atoms with Crippen LogP contribution >= 0.6 is 11.8 Å². The van der Waals surface area contributed by atoms with Crippen LogP contribution < -0.4 is 5.32 Å². The third kappa shape index (κ3) is 3.23. The van der Waals surface area contributed by atoms with Gasteiger partial charge in [0, 0.05) is 11.8 Å². The van der Waals surface area contributed by atoms with Crippen molar-refractivity contribution in [2.24, 2.45) is 0 Å². The molecule has 1 fully saturated rings. The van der Waals surface area contributed by atoms with Crippen LogP contribution in [0.15, 0.2) is 30.3 Å². The summed E-state index contributed by atoms with van der Waals surface area (Å²) in [7, 11) is 0. The lowest BCUT2D eigenvalue weighted by molar-refractivity contribution is -0.151. The average molecular weight is 306 g/mol. The van der Waals surface area contributed by atoms with Gasteiger partial charge < -0.3 is 10.2 Å². The number of rotatable bonds is 5. The monoisotopic (exact) mass is 306 g/mol. The van der Waals surface area contributed by atoms with Gasteiger partial charge in [0.2, 0.25) is 11.8 Å². The molecule has 1 heterocycles. The molecule has 2 amide bonds. The number of piperazine rings is 1. The molecular weight excluding hydrogens is 284 g/mol. The van der Waals surface area contributed by atoms with Crippen molar-refractivity contribution < 1.29 is 9.59 Å². The number of carbonyl (C=O) groups excluding carboxylic acids is 2. The number of benzene rings is 1. The van der Waals surface area contributed by atoms with E-state index in [1.165, 1.54) is 0 Å². The van der Waals surface area contributed by atoms with Crippen molar-refractivity contribution in [3.05, 3.63) is 35.9 Å². The Kier molecular flexibility index (Phi) is 5.28. The topological polar surface area (TPSA) is 49.4 Å². The second-order valence-electron chi connectivity index (χ2n) is 5.33. The Bertz CT molecular complexity index is 506. The first-order valence-corrected chi connectivity index (χ1v) is 8.66. The minimum Gasteiger partial charge on any atom is -0.342 e. The number of nitrogens with one attached hydrogen (secondary N) is 1. The molecule has 5 heteroatoms. The molecule has 0 aromatic heterocycles. The second kappa shape index (κ2) is 6.98.